The highest BCUT2D eigenvalue weighted by atomic mass is 16.5. The summed E-state index contributed by atoms with van der Waals surface area (Å²) in [5, 5.41) is 6.52. The number of benzene rings is 1. The number of oxazole rings is 1. The van der Waals surface area contributed by atoms with Gasteiger partial charge in [-0.3, -0.25) is 0 Å². The maximum absolute atomic E-state index is 5.83. The van der Waals surface area contributed by atoms with Crippen LogP contribution in [-0.4, -0.2) is 30.7 Å². The Morgan fingerprint density at radius 1 is 1.14 bits per heavy atom. The number of fused-ring (bicyclic) bond motifs is 1. The Morgan fingerprint density at radius 3 is 2.64 bits per heavy atom. The Hall–Kier alpha value is -2.70. The third kappa shape index (κ3) is 5.41. The van der Waals surface area contributed by atoms with Crippen molar-refractivity contribution in [1.82, 2.24) is 15.6 Å². The van der Waals surface area contributed by atoms with Crippen LogP contribution < -0.4 is 20.1 Å². The van der Waals surface area contributed by atoms with Gasteiger partial charge in [-0.15, -0.1) is 0 Å². The summed E-state index contributed by atoms with van der Waals surface area (Å²) >= 11 is 0. The van der Waals surface area contributed by atoms with E-state index >= 15 is 0 Å². The molecule has 28 heavy (non-hydrogen) atoms. The first-order valence-corrected chi connectivity index (χ1v) is 9.81. The summed E-state index contributed by atoms with van der Waals surface area (Å²) in [6.45, 7) is 11.5. The number of guanidine groups is 1. The van der Waals surface area contributed by atoms with E-state index in [4.69, 9.17) is 13.9 Å². The predicted octanol–water partition coefficient (Wildman–Crippen LogP) is 3.39. The number of aliphatic imine (C=N–C) groups is 1. The first-order chi connectivity index (χ1) is 13.5. The fourth-order valence-electron chi connectivity index (χ4n) is 2.72. The Kier molecular flexibility index (Phi) is 6.44. The number of hydrogen-bond donors (Lipinski definition) is 2. The molecule has 1 aliphatic heterocycles. The Bertz CT molecular complexity index is 808. The molecular weight excluding hydrogens is 356 g/mol. The van der Waals surface area contributed by atoms with Crippen LogP contribution in [0.1, 0.15) is 51.3 Å². The van der Waals surface area contributed by atoms with Crippen molar-refractivity contribution in [3.8, 4) is 11.5 Å². The van der Waals surface area contributed by atoms with Crippen molar-refractivity contribution in [3.05, 3.63) is 41.6 Å². The molecule has 1 aromatic carbocycles. The molecule has 0 atom stereocenters. The molecule has 0 unspecified atom stereocenters. The van der Waals surface area contributed by atoms with Gasteiger partial charge in [-0.2, -0.15) is 0 Å². The Morgan fingerprint density at radius 2 is 1.93 bits per heavy atom. The Labute approximate surface area is 166 Å². The van der Waals surface area contributed by atoms with E-state index in [0.717, 1.165) is 35.8 Å². The summed E-state index contributed by atoms with van der Waals surface area (Å²) in [5.41, 5.74) is 1.01. The zero-order chi connectivity index (χ0) is 20.0. The zero-order valence-corrected chi connectivity index (χ0v) is 17.2. The quantitative estimate of drug-likeness (QED) is 0.606. The molecule has 0 fully saturated rings. The molecule has 3 rings (SSSR count). The molecule has 0 bridgehead atoms. The van der Waals surface area contributed by atoms with Gasteiger partial charge in [-0.25, -0.2) is 9.98 Å². The van der Waals surface area contributed by atoms with E-state index in [1.165, 1.54) is 0 Å². The highest BCUT2D eigenvalue weighted by Gasteiger charge is 2.19. The van der Waals surface area contributed by atoms with E-state index in [2.05, 4.69) is 41.4 Å². The second-order valence-corrected chi connectivity index (χ2v) is 7.75. The number of hydrogen-bond acceptors (Lipinski definition) is 5. The zero-order valence-electron chi connectivity index (χ0n) is 17.2. The largest absolute Gasteiger partial charge is 0.490 e. The summed E-state index contributed by atoms with van der Waals surface area (Å²) in [6.07, 6.45) is 2.69. The minimum atomic E-state index is -0.0546. The number of nitrogens with one attached hydrogen (secondary N) is 2. The molecular formula is C21H30N4O3. The summed E-state index contributed by atoms with van der Waals surface area (Å²) in [6, 6.07) is 5.97. The van der Waals surface area contributed by atoms with Crippen molar-refractivity contribution in [2.24, 2.45) is 4.99 Å². The minimum Gasteiger partial charge on any atom is -0.490 e. The molecule has 2 heterocycles. The Balaban J connectivity index is 1.62. The monoisotopic (exact) mass is 386 g/mol. The lowest BCUT2D eigenvalue weighted by Gasteiger charge is -2.13. The highest BCUT2D eigenvalue weighted by Crippen LogP contribution is 2.30. The van der Waals surface area contributed by atoms with E-state index in [0.29, 0.717) is 38.2 Å². The molecule has 7 nitrogen and oxygen atoms in total. The van der Waals surface area contributed by atoms with Gasteiger partial charge in [-0.1, -0.05) is 26.8 Å². The topological polar surface area (TPSA) is 80.9 Å². The third-order valence-electron chi connectivity index (χ3n) is 4.28. The van der Waals surface area contributed by atoms with Crippen LogP contribution in [-0.2, 0) is 18.5 Å². The van der Waals surface area contributed by atoms with Gasteiger partial charge in [0.1, 0.15) is 5.76 Å². The molecule has 0 amide bonds. The molecule has 1 aromatic heterocycles. The molecule has 2 aromatic rings. The summed E-state index contributed by atoms with van der Waals surface area (Å²) in [4.78, 5) is 9.00. The van der Waals surface area contributed by atoms with Crippen LogP contribution in [0.15, 0.2) is 33.8 Å². The van der Waals surface area contributed by atoms with E-state index in [9.17, 15) is 0 Å². The molecule has 0 saturated heterocycles. The smallest absolute Gasteiger partial charge is 0.213 e. The van der Waals surface area contributed by atoms with Crippen molar-refractivity contribution in [2.45, 2.75) is 52.6 Å². The lowest BCUT2D eigenvalue weighted by Crippen LogP contribution is -2.36. The first-order valence-electron chi connectivity index (χ1n) is 9.81. The van der Waals surface area contributed by atoms with E-state index in [1.807, 2.05) is 25.1 Å². The highest BCUT2D eigenvalue weighted by molar-refractivity contribution is 5.79. The number of aromatic nitrogens is 1. The SMILES string of the molecule is CCNC(=NCc1ccc2c(c1)OCCCO2)NCc1ncc(C(C)(C)C)o1. The third-order valence-corrected chi connectivity index (χ3v) is 4.28. The number of nitrogens with zero attached hydrogens (tertiary/aromatic N) is 2. The normalized spacial score (nSPS) is 14.5. The van der Waals surface area contributed by atoms with Crippen LogP contribution in [0.5, 0.6) is 11.5 Å². The van der Waals surface area contributed by atoms with Gasteiger partial charge in [0, 0.05) is 18.4 Å². The fraction of sp³-hybridized carbons (Fsp3) is 0.524. The van der Waals surface area contributed by atoms with E-state index in [-0.39, 0.29) is 5.41 Å². The maximum atomic E-state index is 5.83. The molecule has 2 N–H and O–H groups in total. The van der Waals surface area contributed by atoms with Gasteiger partial charge in [0.15, 0.2) is 17.5 Å². The molecule has 152 valence electrons. The van der Waals surface area contributed by atoms with E-state index < -0.39 is 0 Å². The van der Waals surface area contributed by atoms with Crippen LogP contribution in [0.4, 0.5) is 0 Å². The fourth-order valence-corrected chi connectivity index (χ4v) is 2.72. The molecule has 0 aliphatic carbocycles. The second-order valence-electron chi connectivity index (χ2n) is 7.75. The minimum absolute atomic E-state index is 0.0546. The maximum Gasteiger partial charge on any atom is 0.213 e. The van der Waals surface area contributed by atoms with Crippen molar-refractivity contribution < 1.29 is 13.9 Å². The van der Waals surface area contributed by atoms with Crippen LogP contribution in [0.2, 0.25) is 0 Å². The summed E-state index contributed by atoms with van der Waals surface area (Å²) < 4.78 is 17.3. The molecule has 0 spiro atoms. The molecule has 1 aliphatic rings. The van der Waals surface area contributed by atoms with E-state index in [1.54, 1.807) is 6.20 Å². The van der Waals surface area contributed by atoms with Crippen LogP contribution in [0.25, 0.3) is 0 Å². The van der Waals surface area contributed by atoms with Gasteiger partial charge < -0.3 is 24.5 Å². The second kappa shape index (κ2) is 8.99. The average Bonchev–Trinajstić information content (AvgIpc) is 3.03. The van der Waals surface area contributed by atoms with Crippen molar-refractivity contribution in [3.63, 3.8) is 0 Å². The number of rotatable bonds is 5. The summed E-state index contributed by atoms with van der Waals surface area (Å²) in [7, 11) is 0. The summed E-state index contributed by atoms with van der Waals surface area (Å²) in [5.74, 6) is 3.82. The van der Waals surface area contributed by atoms with Crippen molar-refractivity contribution in [1.29, 1.82) is 0 Å². The molecule has 7 heteroatoms. The lowest BCUT2D eigenvalue weighted by atomic mass is 9.94. The van der Waals surface area contributed by atoms with Crippen LogP contribution >= 0.6 is 0 Å². The lowest BCUT2D eigenvalue weighted by molar-refractivity contribution is 0.297. The number of ether oxygens (including phenoxy) is 2. The van der Waals surface area contributed by atoms with Gasteiger partial charge in [-0.05, 0) is 24.6 Å². The average molecular weight is 386 g/mol. The standard InChI is InChI=1S/C21H30N4O3/c1-5-22-20(25-14-19-23-13-18(28-19)21(2,3)4)24-12-15-7-8-16-17(11-15)27-10-6-9-26-16/h7-8,11,13H,5-6,9-10,12,14H2,1-4H3,(H2,22,24,25). The molecule has 0 saturated carbocycles. The van der Waals surface area contributed by atoms with Gasteiger partial charge in [0.25, 0.3) is 0 Å². The van der Waals surface area contributed by atoms with Gasteiger partial charge >= 0.3 is 0 Å². The van der Waals surface area contributed by atoms with Crippen LogP contribution in [0.3, 0.4) is 0 Å². The first kappa shape index (κ1) is 20.0. The van der Waals surface area contributed by atoms with Gasteiger partial charge in [0.05, 0.1) is 32.5 Å². The van der Waals surface area contributed by atoms with Crippen molar-refractivity contribution >= 4 is 5.96 Å². The van der Waals surface area contributed by atoms with Gasteiger partial charge in [0.2, 0.25) is 5.89 Å². The van der Waals surface area contributed by atoms with Crippen molar-refractivity contribution in [2.75, 3.05) is 19.8 Å². The van der Waals surface area contributed by atoms with Crippen LogP contribution in [0, 0.1) is 0 Å². The predicted molar refractivity (Wildman–Crippen MR) is 109 cm³/mol. The molecule has 0 radical (unpaired) electrons.